The first-order valence-electron chi connectivity index (χ1n) is 7.62. The number of hydrogen-bond acceptors (Lipinski definition) is 6. The molecule has 3 aromatic rings. The zero-order valence-corrected chi connectivity index (χ0v) is 15.6. The Morgan fingerprint density at radius 3 is 2.96 bits per heavy atom. The molecule has 0 saturated carbocycles. The van der Waals surface area contributed by atoms with E-state index in [9.17, 15) is 4.79 Å². The molecule has 1 aliphatic heterocycles. The normalized spacial score (nSPS) is 16.5. The van der Waals surface area contributed by atoms with E-state index in [1.807, 2.05) is 43.3 Å². The summed E-state index contributed by atoms with van der Waals surface area (Å²) >= 11 is 7.92. The fourth-order valence-corrected chi connectivity index (χ4v) is 4.58. The lowest BCUT2D eigenvalue weighted by molar-refractivity contribution is -0.121. The van der Waals surface area contributed by atoms with Gasteiger partial charge in [-0.1, -0.05) is 36.1 Å². The smallest absolute Gasteiger partial charge is 0.266 e. The number of fused-ring (bicyclic) bond motifs is 1. The van der Waals surface area contributed by atoms with Gasteiger partial charge >= 0.3 is 0 Å². The van der Waals surface area contributed by atoms with Crippen LogP contribution in [0.25, 0.3) is 17.1 Å². The Bertz CT molecular complexity index is 972. The first-order chi connectivity index (χ1) is 12.1. The summed E-state index contributed by atoms with van der Waals surface area (Å²) in [6, 6.07) is 11.6. The number of thioether (sulfide) groups is 1. The number of rotatable bonds is 4. The zero-order chi connectivity index (χ0) is 17.4. The van der Waals surface area contributed by atoms with Crippen LogP contribution in [0.5, 0.6) is 0 Å². The molecule has 2 aromatic heterocycles. The number of benzene rings is 1. The van der Waals surface area contributed by atoms with Gasteiger partial charge in [0.15, 0.2) is 10.2 Å². The van der Waals surface area contributed by atoms with Gasteiger partial charge in [-0.25, -0.2) is 4.98 Å². The number of aromatic amines is 1. The van der Waals surface area contributed by atoms with Crippen LogP contribution < -0.4 is 0 Å². The minimum atomic E-state index is -0.0691. The van der Waals surface area contributed by atoms with Gasteiger partial charge in [-0.2, -0.15) is 0 Å². The van der Waals surface area contributed by atoms with E-state index in [2.05, 4.69) is 9.97 Å². The molecule has 1 aliphatic rings. The van der Waals surface area contributed by atoms with Crippen molar-refractivity contribution in [2.75, 3.05) is 6.54 Å². The van der Waals surface area contributed by atoms with Crippen molar-refractivity contribution in [3.63, 3.8) is 0 Å². The number of nitrogens with one attached hydrogen (secondary N) is 1. The lowest BCUT2D eigenvalue weighted by Gasteiger charge is -2.09. The summed E-state index contributed by atoms with van der Waals surface area (Å²) < 4.78 is 6.38. The van der Waals surface area contributed by atoms with Crippen LogP contribution in [-0.4, -0.2) is 31.6 Å². The third-order valence-electron chi connectivity index (χ3n) is 3.63. The molecule has 0 aliphatic carbocycles. The number of nitrogens with zero attached hydrogens (tertiary/aromatic N) is 2. The summed E-state index contributed by atoms with van der Waals surface area (Å²) in [4.78, 5) is 22.2. The third kappa shape index (κ3) is 3.24. The average Bonchev–Trinajstić information content (AvgIpc) is 3.27. The predicted octanol–water partition coefficient (Wildman–Crippen LogP) is 4.53. The van der Waals surface area contributed by atoms with Gasteiger partial charge in [0.2, 0.25) is 0 Å². The largest absolute Gasteiger partial charge is 0.450 e. The number of H-pyrrole nitrogens is 1. The van der Waals surface area contributed by atoms with Crippen molar-refractivity contribution >= 4 is 63.1 Å². The van der Waals surface area contributed by atoms with Gasteiger partial charge in [-0.3, -0.25) is 9.69 Å². The molecule has 25 heavy (non-hydrogen) atoms. The van der Waals surface area contributed by atoms with Crippen molar-refractivity contribution in [2.45, 2.75) is 17.2 Å². The summed E-state index contributed by atoms with van der Waals surface area (Å²) in [5.74, 6) is 0.551. The van der Waals surface area contributed by atoms with Gasteiger partial charge in [-0.05, 0) is 43.0 Å². The first kappa shape index (κ1) is 16.4. The van der Waals surface area contributed by atoms with Crippen LogP contribution in [0.2, 0.25) is 0 Å². The quantitative estimate of drug-likeness (QED) is 0.524. The van der Waals surface area contributed by atoms with Gasteiger partial charge in [0.05, 0.1) is 15.9 Å². The highest BCUT2D eigenvalue weighted by molar-refractivity contribution is 8.26. The second kappa shape index (κ2) is 6.70. The van der Waals surface area contributed by atoms with E-state index in [-0.39, 0.29) is 5.91 Å². The molecule has 3 heterocycles. The molecule has 0 unspecified atom stereocenters. The molecule has 1 N–H and O–H groups in total. The SMILES string of the molecule is CCN1C(=O)/C(=C/c2ccc(Sc3nc4ccccc4[nH]3)o2)SC1=S. The number of imidazole rings is 1. The Kier molecular flexibility index (Phi) is 4.41. The molecule has 8 heteroatoms. The summed E-state index contributed by atoms with van der Waals surface area (Å²) in [6.45, 7) is 2.48. The highest BCUT2D eigenvalue weighted by Gasteiger charge is 2.30. The van der Waals surface area contributed by atoms with Crippen molar-refractivity contribution in [1.82, 2.24) is 14.9 Å². The van der Waals surface area contributed by atoms with Crippen LogP contribution in [0.4, 0.5) is 0 Å². The van der Waals surface area contributed by atoms with Crippen LogP contribution in [0, 0.1) is 0 Å². The predicted molar refractivity (Wildman–Crippen MR) is 104 cm³/mol. The van der Waals surface area contributed by atoms with E-state index < -0.39 is 0 Å². The van der Waals surface area contributed by atoms with E-state index >= 15 is 0 Å². The second-order valence-electron chi connectivity index (χ2n) is 5.24. The number of para-hydroxylation sites is 2. The number of thiocarbonyl (C=S) groups is 1. The highest BCUT2D eigenvalue weighted by Crippen LogP contribution is 2.34. The molecule has 1 saturated heterocycles. The maximum absolute atomic E-state index is 12.2. The van der Waals surface area contributed by atoms with Crippen LogP contribution in [0.1, 0.15) is 12.7 Å². The molecule has 1 aromatic carbocycles. The minimum Gasteiger partial charge on any atom is -0.450 e. The molecule has 0 atom stereocenters. The standard InChI is InChI=1S/C17H13N3O2S3/c1-2-20-15(21)13(24-17(20)23)9-10-7-8-14(22-10)25-16-18-11-5-3-4-6-12(11)19-16/h3-9H,2H2,1H3,(H,18,19)/b13-9-. The monoisotopic (exact) mass is 387 g/mol. The highest BCUT2D eigenvalue weighted by atomic mass is 32.2. The van der Waals surface area contributed by atoms with Crippen molar-refractivity contribution in [2.24, 2.45) is 0 Å². The Morgan fingerprint density at radius 2 is 2.20 bits per heavy atom. The molecule has 126 valence electrons. The van der Waals surface area contributed by atoms with Crippen molar-refractivity contribution < 1.29 is 9.21 Å². The van der Waals surface area contributed by atoms with Gasteiger partial charge in [-0.15, -0.1) is 0 Å². The number of carbonyl (C=O) groups excluding carboxylic acids is 1. The van der Waals surface area contributed by atoms with Gasteiger partial charge in [0.25, 0.3) is 5.91 Å². The minimum absolute atomic E-state index is 0.0691. The number of likely N-dealkylation sites (N-methyl/N-ethyl adjacent to an activating group) is 1. The average molecular weight is 388 g/mol. The summed E-state index contributed by atoms with van der Waals surface area (Å²) in [5, 5.41) is 1.47. The molecule has 5 nitrogen and oxygen atoms in total. The maximum Gasteiger partial charge on any atom is 0.266 e. The topological polar surface area (TPSA) is 62.1 Å². The molecular weight excluding hydrogens is 374 g/mol. The van der Waals surface area contributed by atoms with Crippen LogP contribution in [0.15, 0.2) is 56.0 Å². The molecule has 1 fully saturated rings. The maximum atomic E-state index is 12.2. The summed E-state index contributed by atoms with van der Waals surface area (Å²) in [5.41, 5.74) is 1.90. The van der Waals surface area contributed by atoms with Crippen LogP contribution in [-0.2, 0) is 4.79 Å². The number of furan rings is 1. The lowest BCUT2D eigenvalue weighted by Crippen LogP contribution is -2.27. The fraction of sp³-hybridized carbons (Fsp3) is 0.118. The van der Waals surface area contributed by atoms with E-state index in [4.69, 9.17) is 16.6 Å². The third-order valence-corrected chi connectivity index (χ3v) is 5.82. The fourth-order valence-electron chi connectivity index (χ4n) is 2.44. The molecule has 0 radical (unpaired) electrons. The molecule has 0 spiro atoms. The van der Waals surface area contributed by atoms with Gasteiger partial charge < -0.3 is 9.40 Å². The van der Waals surface area contributed by atoms with E-state index in [1.165, 1.54) is 23.5 Å². The summed E-state index contributed by atoms with van der Waals surface area (Å²) in [7, 11) is 0. The van der Waals surface area contributed by atoms with Crippen LogP contribution in [0.3, 0.4) is 0 Å². The Balaban J connectivity index is 1.53. The molecular formula is C17H13N3O2S3. The van der Waals surface area contributed by atoms with E-state index in [1.54, 1.807) is 11.0 Å². The van der Waals surface area contributed by atoms with E-state index in [0.717, 1.165) is 16.2 Å². The molecule has 1 amide bonds. The number of aromatic nitrogens is 2. The van der Waals surface area contributed by atoms with Crippen molar-refractivity contribution in [3.05, 3.63) is 47.1 Å². The Labute approximate surface area is 157 Å². The molecule has 0 bridgehead atoms. The van der Waals surface area contributed by atoms with Crippen molar-refractivity contribution in [1.29, 1.82) is 0 Å². The van der Waals surface area contributed by atoms with Crippen LogP contribution >= 0.6 is 35.7 Å². The second-order valence-corrected chi connectivity index (χ2v) is 7.91. The van der Waals surface area contributed by atoms with E-state index in [0.29, 0.717) is 26.6 Å². The first-order valence-corrected chi connectivity index (χ1v) is 9.66. The van der Waals surface area contributed by atoms with Crippen molar-refractivity contribution in [3.8, 4) is 0 Å². The number of carbonyl (C=O) groups is 1. The Morgan fingerprint density at radius 1 is 1.36 bits per heavy atom. The Hall–Kier alpha value is -2.03. The molecule has 4 rings (SSSR count). The lowest BCUT2D eigenvalue weighted by atomic mass is 10.3. The summed E-state index contributed by atoms with van der Waals surface area (Å²) in [6.07, 6.45) is 1.73. The van der Waals surface area contributed by atoms with Gasteiger partial charge in [0.1, 0.15) is 10.1 Å². The number of hydrogen-bond donors (Lipinski definition) is 1. The zero-order valence-electron chi connectivity index (χ0n) is 13.2. The van der Waals surface area contributed by atoms with Gasteiger partial charge in [0, 0.05) is 12.6 Å². The number of amides is 1.